The van der Waals surface area contributed by atoms with Crippen LogP contribution in [0.4, 0.5) is 10.2 Å². The molecule has 1 aromatic carbocycles. The zero-order valence-corrected chi connectivity index (χ0v) is 22.5. The van der Waals surface area contributed by atoms with Crippen molar-refractivity contribution in [3.05, 3.63) is 57.6 Å². The number of nitrogens with zero attached hydrogens (tertiary/aromatic N) is 5. The number of hydrogen-bond donors (Lipinski definition) is 1. The molecule has 1 N–H and O–H groups in total. The number of Topliss-reactive ketones (excluding diaryl/α,β-unsaturated/α-hetero) is 1. The average molecular weight is 538 g/mol. The number of aryl methyl sites for hydroxylation is 1. The molecule has 8 nitrogen and oxygen atoms in total. The van der Waals surface area contributed by atoms with Crippen LogP contribution in [0.2, 0.25) is 0 Å². The van der Waals surface area contributed by atoms with E-state index in [1.54, 1.807) is 19.2 Å². The number of halogens is 1. The fourth-order valence-corrected chi connectivity index (χ4v) is 6.34. The molecule has 2 aliphatic heterocycles. The van der Waals surface area contributed by atoms with Crippen LogP contribution in [0, 0.1) is 18.7 Å². The van der Waals surface area contributed by atoms with Crippen LogP contribution < -0.4 is 4.90 Å². The lowest BCUT2D eigenvalue weighted by Gasteiger charge is -2.30. The van der Waals surface area contributed by atoms with Crippen LogP contribution in [0.15, 0.2) is 30.6 Å². The molecule has 0 spiro atoms. The van der Waals surface area contributed by atoms with Gasteiger partial charge >= 0.3 is 5.97 Å². The summed E-state index contributed by atoms with van der Waals surface area (Å²) in [4.78, 5) is 43.4. The second-order valence-corrected chi connectivity index (χ2v) is 11.4. The minimum atomic E-state index is -0.755. The monoisotopic (exact) mass is 537 g/mol. The summed E-state index contributed by atoms with van der Waals surface area (Å²) >= 11 is 1.53. The van der Waals surface area contributed by atoms with Crippen molar-refractivity contribution in [2.45, 2.75) is 58.5 Å². The first-order valence-corrected chi connectivity index (χ1v) is 13.9. The first-order chi connectivity index (χ1) is 18.3. The SMILES string of the molecule is Cc1cc(-c2nc(CC(=O)c3cnc(N4CCC(C(=O)O)CC4)cn3)sc2CN2CCC[C@H]2C)ccc1F. The quantitative estimate of drug-likeness (QED) is 0.411. The Hall–Kier alpha value is -3.24. The van der Waals surface area contributed by atoms with E-state index in [1.165, 1.54) is 36.4 Å². The molecule has 0 unspecified atom stereocenters. The molecule has 0 radical (unpaired) electrons. The summed E-state index contributed by atoms with van der Waals surface area (Å²) in [6.45, 7) is 6.96. The number of aromatic nitrogens is 3. The maximum Gasteiger partial charge on any atom is 0.306 e. The minimum Gasteiger partial charge on any atom is -0.481 e. The molecule has 2 saturated heterocycles. The van der Waals surface area contributed by atoms with Gasteiger partial charge in [-0.15, -0.1) is 11.3 Å². The number of piperidine rings is 1. The summed E-state index contributed by atoms with van der Waals surface area (Å²) in [5.74, 6) is -0.835. The van der Waals surface area contributed by atoms with Crippen molar-refractivity contribution in [1.82, 2.24) is 19.9 Å². The van der Waals surface area contributed by atoms with E-state index in [4.69, 9.17) is 4.98 Å². The average Bonchev–Trinajstić information content (AvgIpc) is 3.51. The first kappa shape index (κ1) is 26.4. The predicted octanol–water partition coefficient (Wildman–Crippen LogP) is 4.76. The van der Waals surface area contributed by atoms with Gasteiger partial charge in [-0.25, -0.2) is 19.3 Å². The van der Waals surface area contributed by atoms with E-state index in [-0.39, 0.29) is 29.6 Å². The van der Waals surface area contributed by atoms with E-state index in [0.29, 0.717) is 48.4 Å². The number of anilines is 1. The molecule has 2 aliphatic rings. The molecule has 2 aromatic heterocycles. The topological polar surface area (TPSA) is 99.5 Å². The van der Waals surface area contributed by atoms with Crippen molar-refractivity contribution in [1.29, 1.82) is 0 Å². The van der Waals surface area contributed by atoms with E-state index in [1.807, 2.05) is 11.0 Å². The molecule has 3 aromatic rings. The summed E-state index contributed by atoms with van der Waals surface area (Å²) < 4.78 is 13.9. The molecule has 200 valence electrons. The van der Waals surface area contributed by atoms with Crippen LogP contribution in [-0.2, 0) is 17.8 Å². The Morgan fingerprint density at radius 3 is 2.55 bits per heavy atom. The highest BCUT2D eigenvalue weighted by Crippen LogP contribution is 2.33. The lowest BCUT2D eigenvalue weighted by Crippen LogP contribution is -2.36. The van der Waals surface area contributed by atoms with Crippen molar-refractivity contribution in [3.8, 4) is 11.3 Å². The molecule has 4 heterocycles. The fourth-order valence-electron chi connectivity index (χ4n) is 5.22. The van der Waals surface area contributed by atoms with Gasteiger partial charge < -0.3 is 10.0 Å². The summed E-state index contributed by atoms with van der Waals surface area (Å²) in [5.41, 5.74) is 2.51. The van der Waals surface area contributed by atoms with E-state index in [0.717, 1.165) is 29.2 Å². The number of likely N-dealkylation sites (tertiary alicyclic amines) is 1. The van der Waals surface area contributed by atoms with Crippen LogP contribution in [0.1, 0.15) is 58.5 Å². The van der Waals surface area contributed by atoms with Gasteiger partial charge in [0.25, 0.3) is 0 Å². The molecule has 1 atom stereocenters. The number of hydrogen-bond acceptors (Lipinski definition) is 8. The molecule has 38 heavy (non-hydrogen) atoms. The van der Waals surface area contributed by atoms with Crippen molar-refractivity contribution in [2.24, 2.45) is 5.92 Å². The Kier molecular flexibility index (Phi) is 7.80. The molecule has 10 heteroatoms. The number of carbonyl (C=O) groups excluding carboxylic acids is 1. The number of ketones is 1. The lowest BCUT2D eigenvalue weighted by molar-refractivity contribution is -0.142. The van der Waals surface area contributed by atoms with Crippen LogP contribution in [-0.4, -0.2) is 62.4 Å². The molecule has 0 aliphatic carbocycles. The maximum absolute atomic E-state index is 13.9. The number of carboxylic acids is 1. The Balaban J connectivity index is 1.32. The molecule has 0 saturated carbocycles. The summed E-state index contributed by atoms with van der Waals surface area (Å²) in [6, 6.07) is 5.53. The van der Waals surface area contributed by atoms with E-state index >= 15 is 0 Å². The van der Waals surface area contributed by atoms with Crippen molar-refractivity contribution in [2.75, 3.05) is 24.5 Å². The largest absolute Gasteiger partial charge is 0.481 e. The summed E-state index contributed by atoms with van der Waals surface area (Å²) in [5, 5.41) is 9.90. The second kappa shape index (κ2) is 11.2. The Morgan fingerprint density at radius 2 is 1.92 bits per heavy atom. The van der Waals surface area contributed by atoms with Gasteiger partial charge in [-0.2, -0.15) is 0 Å². The van der Waals surface area contributed by atoms with Gasteiger partial charge in [-0.1, -0.05) is 0 Å². The normalized spacial score (nSPS) is 18.7. The molecular weight excluding hydrogens is 505 g/mol. The van der Waals surface area contributed by atoms with Gasteiger partial charge in [0.2, 0.25) is 0 Å². The van der Waals surface area contributed by atoms with Gasteiger partial charge in [-0.05, 0) is 69.8 Å². The predicted molar refractivity (Wildman–Crippen MR) is 144 cm³/mol. The number of benzene rings is 1. The van der Waals surface area contributed by atoms with Crippen molar-refractivity contribution < 1.29 is 19.1 Å². The molecule has 5 rings (SSSR count). The van der Waals surface area contributed by atoms with Gasteiger partial charge in [0.1, 0.15) is 22.3 Å². The van der Waals surface area contributed by atoms with Crippen molar-refractivity contribution >= 4 is 28.9 Å². The highest BCUT2D eigenvalue weighted by atomic mass is 32.1. The van der Waals surface area contributed by atoms with E-state index in [2.05, 4.69) is 21.8 Å². The van der Waals surface area contributed by atoms with Crippen LogP contribution in [0.3, 0.4) is 0 Å². The number of carbonyl (C=O) groups is 2. The first-order valence-electron chi connectivity index (χ1n) is 13.1. The standard InChI is InChI=1S/C28H32FN5O3S/c1-17-12-20(5-6-21(17)29)27-24(16-34-9-3-4-18(34)2)38-26(32-27)13-23(35)22-14-31-25(15-30-22)33-10-7-19(8-11-33)28(36)37/h5-6,12,14-15,18-19H,3-4,7-11,13,16H2,1-2H3,(H,36,37)/t18-/m1/s1. The smallest absolute Gasteiger partial charge is 0.306 e. The lowest BCUT2D eigenvalue weighted by atomic mass is 9.97. The highest BCUT2D eigenvalue weighted by molar-refractivity contribution is 7.12. The molecule has 0 bridgehead atoms. The van der Waals surface area contributed by atoms with E-state index in [9.17, 15) is 19.1 Å². The van der Waals surface area contributed by atoms with Gasteiger partial charge in [-0.3, -0.25) is 14.5 Å². The Labute approximate surface area is 225 Å². The van der Waals surface area contributed by atoms with Gasteiger partial charge in [0.05, 0.1) is 30.4 Å². The summed E-state index contributed by atoms with van der Waals surface area (Å²) in [6.07, 6.45) is 6.66. The number of aliphatic carboxylic acids is 1. The Bertz CT molecular complexity index is 1320. The maximum atomic E-state index is 13.9. The number of rotatable bonds is 8. The minimum absolute atomic E-state index is 0.116. The summed E-state index contributed by atoms with van der Waals surface area (Å²) in [7, 11) is 0. The van der Waals surface area contributed by atoms with Crippen LogP contribution >= 0.6 is 11.3 Å². The van der Waals surface area contributed by atoms with Crippen LogP contribution in [0.25, 0.3) is 11.3 Å². The van der Waals surface area contributed by atoms with E-state index < -0.39 is 5.97 Å². The fraction of sp³-hybridized carbons (Fsp3) is 0.464. The Morgan fingerprint density at radius 1 is 1.13 bits per heavy atom. The van der Waals surface area contributed by atoms with Gasteiger partial charge in [0, 0.05) is 36.1 Å². The molecule has 2 fully saturated rings. The highest BCUT2D eigenvalue weighted by Gasteiger charge is 2.26. The van der Waals surface area contributed by atoms with Crippen molar-refractivity contribution in [3.63, 3.8) is 0 Å². The second-order valence-electron chi connectivity index (χ2n) is 10.3. The van der Waals surface area contributed by atoms with Crippen LogP contribution in [0.5, 0.6) is 0 Å². The molecule has 0 amide bonds. The van der Waals surface area contributed by atoms with Gasteiger partial charge in [0.15, 0.2) is 5.78 Å². The third-order valence-corrected chi connectivity index (χ3v) is 8.65. The zero-order chi connectivity index (χ0) is 26.8. The third-order valence-electron chi connectivity index (χ3n) is 7.61. The molecular formula is C28H32FN5O3S. The zero-order valence-electron chi connectivity index (χ0n) is 21.7. The number of thiazole rings is 1. The third kappa shape index (κ3) is 5.76. The number of carboxylic acid groups (broad SMARTS) is 1.